The zero-order valence-corrected chi connectivity index (χ0v) is 14.9. The van der Waals surface area contributed by atoms with Crippen molar-refractivity contribution in [3.05, 3.63) is 42.5 Å². The van der Waals surface area contributed by atoms with Gasteiger partial charge in [-0.15, -0.1) is 24.8 Å². The number of amides is 1. The van der Waals surface area contributed by atoms with E-state index in [1.807, 2.05) is 18.2 Å². The molecule has 0 bridgehead atoms. The van der Waals surface area contributed by atoms with Crippen molar-refractivity contribution in [2.75, 3.05) is 39.3 Å². The van der Waals surface area contributed by atoms with Gasteiger partial charge in [-0.25, -0.2) is 9.67 Å². The highest BCUT2D eigenvalue weighted by molar-refractivity contribution is 5.94. The maximum atomic E-state index is 12.2. The molecule has 1 aliphatic heterocycles. The minimum absolute atomic E-state index is 0. The topological polar surface area (TPSA) is 75.1 Å². The molecule has 3 rings (SSSR count). The maximum absolute atomic E-state index is 12.2. The van der Waals surface area contributed by atoms with Gasteiger partial charge in [0, 0.05) is 44.8 Å². The van der Waals surface area contributed by atoms with Crippen LogP contribution in [0.3, 0.4) is 0 Å². The number of nitrogens with one attached hydrogen (secondary N) is 2. The van der Waals surface area contributed by atoms with Crippen molar-refractivity contribution in [1.29, 1.82) is 0 Å². The summed E-state index contributed by atoms with van der Waals surface area (Å²) in [6, 6.07) is 7.36. The minimum Gasteiger partial charge on any atom is -0.351 e. The number of carbonyl (C=O) groups excluding carboxylic acids is 1. The Labute approximate surface area is 153 Å². The van der Waals surface area contributed by atoms with E-state index in [-0.39, 0.29) is 30.7 Å². The van der Waals surface area contributed by atoms with Gasteiger partial charge in [-0.2, -0.15) is 5.10 Å². The van der Waals surface area contributed by atoms with Gasteiger partial charge in [0.15, 0.2) is 0 Å². The summed E-state index contributed by atoms with van der Waals surface area (Å²) >= 11 is 0. The Hall–Kier alpha value is -1.67. The first-order valence-corrected chi connectivity index (χ1v) is 7.49. The first-order valence-electron chi connectivity index (χ1n) is 7.49. The molecule has 1 aromatic carbocycles. The van der Waals surface area contributed by atoms with Crippen LogP contribution in [0.5, 0.6) is 0 Å². The number of carbonyl (C=O) groups is 1. The lowest BCUT2D eigenvalue weighted by molar-refractivity contribution is 0.0947. The fourth-order valence-electron chi connectivity index (χ4n) is 2.50. The predicted octanol–water partition coefficient (Wildman–Crippen LogP) is 0.746. The number of hydrogen-bond donors (Lipinski definition) is 2. The molecule has 1 aliphatic rings. The Morgan fingerprint density at radius 2 is 2.04 bits per heavy atom. The van der Waals surface area contributed by atoms with Crippen LogP contribution in [0.4, 0.5) is 0 Å². The molecule has 0 spiro atoms. The summed E-state index contributed by atoms with van der Waals surface area (Å²) in [7, 11) is 0. The van der Waals surface area contributed by atoms with E-state index >= 15 is 0 Å². The van der Waals surface area contributed by atoms with Crippen molar-refractivity contribution in [2.45, 2.75) is 0 Å². The SMILES string of the molecule is Cl.Cl.O=C(NCCN1CCNCC1)c1cccc(-n2cncn2)c1. The minimum atomic E-state index is -0.0582. The fraction of sp³-hybridized carbons (Fsp3) is 0.400. The molecule has 24 heavy (non-hydrogen) atoms. The second-order valence-corrected chi connectivity index (χ2v) is 5.24. The Kier molecular flexibility index (Phi) is 8.70. The number of hydrogen-bond acceptors (Lipinski definition) is 5. The Balaban J connectivity index is 0.00000144. The molecule has 1 saturated heterocycles. The molecule has 9 heteroatoms. The molecule has 0 aliphatic carbocycles. The standard InChI is InChI=1S/C15H20N6O.2ClH/c22-15(18-6-9-20-7-4-16-5-8-20)13-2-1-3-14(10-13)21-12-17-11-19-21;;/h1-3,10-12,16H,4-9H2,(H,18,22);2*1H. The van der Waals surface area contributed by atoms with Crippen LogP contribution in [0, 0.1) is 0 Å². The first kappa shape index (κ1) is 20.4. The smallest absolute Gasteiger partial charge is 0.251 e. The number of rotatable bonds is 5. The summed E-state index contributed by atoms with van der Waals surface area (Å²) < 4.78 is 1.64. The van der Waals surface area contributed by atoms with Gasteiger partial charge in [-0.05, 0) is 18.2 Å². The third kappa shape index (κ3) is 5.45. The fourth-order valence-corrected chi connectivity index (χ4v) is 2.50. The molecular formula is C15H22Cl2N6O. The second-order valence-electron chi connectivity index (χ2n) is 5.24. The van der Waals surface area contributed by atoms with Crippen molar-refractivity contribution in [3.63, 3.8) is 0 Å². The lowest BCUT2D eigenvalue weighted by atomic mass is 10.2. The van der Waals surface area contributed by atoms with Crippen LogP contribution >= 0.6 is 24.8 Å². The van der Waals surface area contributed by atoms with Crippen molar-refractivity contribution < 1.29 is 4.79 Å². The van der Waals surface area contributed by atoms with Crippen molar-refractivity contribution in [2.24, 2.45) is 0 Å². The quantitative estimate of drug-likeness (QED) is 0.809. The summed E-state index contributed by atoms with van der Waals surface area (Å²) in [4.78, 5) is 18.5. The molecular weight excluding hydrogens is 351 g/mol. The molecule has 0 atom stereocenters. The van der Waals surface area contributed by atoms with E-state index in [2.05, 4.69) is 25.6 Å². The van der Waals surface area contributed by atoms with Crippen LogP contribution in [0.1, 0.15) is 10.4 Å². The molecule has 132 valence electrons. The highest BCUT2D eigenvalue weighted by atomic mass is 35.5. The van der Waals surface area contributed by atoms with Crippen LogP contribution in [0.15, 0.2) is 36.9 Å². The highest BCUT2D eigenvalue weighted by Gasteiger charge is 2.10. The number of piperazine rings is 1. The van der Waals surface area contributed by atoms with Crippen molar-refractivity contribution in [1.82, 2.24) is 30.3 Å². The number of halogens is 2. The van der Waals surface area contributed by atoms with Crippen LogP contribution in [-0.2, 0) is 0 Å². The van der Waals surface area contributed by atoms with E-state index in [1.54, 1.807) is 17.1 Å². The second kappa shape index (κ2) is 10.2. The predicted molar refractivity (Wildman–Crippen MR) is 97.5 cm³/mol. The lowest BCUT2D eigenvalue weighted by Gasteiger charge is -2.27. The van der Waals surface area contributed by atoms with E-state index in [1.165, 1.54) is 6.33 Å². The van der Waals surface area contributed by atoms with Crippen LogP contribution in [0.2, 0.25) is 0 Å². The molecule has 7 nitrogen and oxygen atoms in total. The van der Waals surface area contributed by atoms with Gasteiger partial charge in [0.25, 0.3) is 5.91 Å². The first-order chi connectivity index (χ1) is 10.8. The molecule has 1 fully saturated rings. The number of nitrogens with zero attached hydrogens (tertiary/aromatic N) is 4. The molecule has 0 saturated carbocycles. The summed E-state index contributed by atoms with van der Waals surface area (Å²) in [6.45, 7) is 5.67. The average Bonchev–Trinajstić information content (AvgIpc) is 3.10. The lowest BCUT2D eigenvalue weighted by Crippen LogP contribution is -2.46. The van der Waals surface area contributed by atoms with Gasteiger partial charge in [-0.1, -0.05) is 6.07 Å². The monoisotopic (exact) mass is 372 g/mol. The van der Waals surface area contributed by atoms with Gasteiger partial charge in [0.05, 0.1) is 5.69 Å². The average molecular weight is 373 g/mol. The van der Waals surface area contributed by atoms with E-state index in [9.17, 15) is 4.79 Å². The molecule has 1 aromatic heterocycles. The maximum Gasteiger partial charge on any atom is 0.251 e. The Morgan fingerprint density at radius 3 is 2.75 bits per heavy atom. The van der Waals surface area contributed by atoms with Crippen LogP contribution < -0.4 is 10.6 Å². The summed E-state index contributed by atoms with van der Waals surface area (Å²) in [5.41, 5.74) is 1.46. The molecule has 2 N–H and O–H groups in total. The molecule has 1 amide bonds. The van der Waals surface area contributed by atoms with E-state index in [4.69, 9.17) is 0 Å². The zero-order chi connectivity index (χ0) is 15.2. The Morgan fingerprint density at radius 1 is 1.25 bits per heavy atom. The van der Waals surface area contributed by atoms with E-state index in [0.29, 0.717) is 12.1 Å². The van der Waals surface area contributed by atoms with Crippen LogP contribution in [-0.4, -0.2) is 64.8 Å². The molecule has 0 radical (unpaired) electrons. The summed E-state index contributed by atoms with van der Waals surface area (Å²) in [5, 5.41) is 10.4. The van der Waals surface area contributed by atoms with Gasteiger partial charge in [0.1, 0.15) is 12.7 Å². The third-order valence-corrected chi connectivity index (χ3v) is 3.71. The number of benzene rings is 1. The molecule has 2 aromatic rings. The highest BCUT2D eigenvalue weighted by Crippen LogP contribution is 2.08. The summed E-state index contributed by atoms with van der Waals surface area (Å²) in [6.07, 6.45) is 3.08. The zero-order valence-electron chi connectivity index (χ0n) is 13.2. The molecule has 2 heterocycles. The molecule has 0 unspecified atom stereocenters. The number of aromatic nitrogens is 3. The third-order valence-electron chi connectivity index (χ3n) is 3.71. The van der Waals surface area contributed by atoms with Gasteiger partial charge in [0.2, 0.25) is 0 Å². The van der Waals surface area contributed by atoms with Gasteiger partial charge >= 0.3 is 0 Å². The van der Waals surface area contributed by atoms with Gasteiger partial charge in [-0.3, -0.25) is 9.69 Å². The van der Waals surface area contributed by atoms with Crippen LogP contribution in [0.25, 0.3) is 5.69 Å². The van der Waals surface area contributed by atoms with E-state index in [0.717, 1.165) is 38.4 Å². The normalized spacial score (nSPS) is 14.3. The van der Waals surface area contributed by atoms with Crippen molar-refractivity contribution in [3.8, 4) is 5.69 Å². The van der Waals surface area contributed by atoms with Crippen molar-refractivity contribution >= 4 is 30.7 Å². The summed E-state index contributed by atoms with van der Waals surface area (Å²) in [5.74, 6) is -0.0582. The largest absolute Gasteiger partial charge is 0.351 e. The van der Waals surface area contributed by atoms with E-state index < -0.39 is 0 Å². The van der Waals surface area contributed by atoms with Gasteiger partial charge < -0.3 is 10.6 Å². The Bertz CT molecular complexity index is 616.